The predicted molar refractivity (Wildman–Crippen MR) is 96.2 cm³/mol. The molecule has 0 amide bonds. The maximum atomic E-state index is 11.9. The average molecular weight is 321 g/mol. The minimum atomic E-state index is -0.110. The van der Waals surface area contributed by atoms with Gasteiger partial charge < -0.3 is 4.74 Å². The number of carbonyl (C=O) groups excluding carboxylic acids is 1. The van der Waals surface area contributed by atoms with Gasteiger partial charge in [-0.15, -0.1) is 0 Å². The number of hydrogen-bond donors (Lipinski definition) is 0. The highest BCUT2D eigenvalue weighted by atomic mass is 16.5. The molecule has 124 valence electrons. The first kappa shape index (κ1) is 16.4. The lowest BCUT2D eigenvalue weighted by atomic mass is 9.99. The highest BCUT2D eigenvalue weighted by Gasteiger charge is 2.36. The number of esters is 1. The Kier molecular flexibility index (Phi) is 5.09. The van der Waals surface area contributed by atoms with Crippen LogP contribution in [0.2, 0.25) is 0 Å². The Bertz CT molecular complexity index is 668. The van der Waals surface area contributed by atoms with Gasteiger partial charge in [-0.05, 0) is 18.8 Å². The van der Waals surface area contributed by atoms with Crippen LogP contribution in [-0.4, -0.2) is 24.8 Å². The number of benzene rings is 2. The summed E-state index contributed by atoms with van der Waals surface area (Å²) in [6, 6.07) is 20.6. The van der Waals surface area contributed by atoms with Gasteiger partial charge in [-0.25, -0.2) is 0 Å². The molecule has 24 heavy (non-hydrogen) atoms. The fourth-order valence-electron chi connectivity index (χ4n) is 3.49. The van der Waals surface area contributed by atoms with Gasteiger partial charge in [-0.3, -0.25) is 9.79 Å². The Morgan fingerprint density at radius 1 is 0.958 bits per heavy atom. The third-order valence-corrected chi connectivity index (χ3v) is 4.77. The molecule has 2 aromatic carbocycles. The normalized spacial score (nSPS) is 22.8. The molecule has 1 aliphatic rings. The highest BCUT2D eigenvalue weighted by Crippen LogP contribution is 2.35. The van der Waals surface area contributed by atoms with Crippen LogP contribution in [0.4, 0.5) is 0 Å². The number of methoxy groups -OCH3 is 1. The van der Waals surface area contributed by atoms with Crippen molar-refractivity contribution in [2.24, 2.45) is 16.8 Å². The van der Waals surface area contributed by atoms with E-state index < -0.39 is 0 Å². The van der Waals surface area contributed by atoms with Crippen LogP contribution in [0.15, 0.2) is 65.7 Å². The van der Waals surface area contributed by atoms with Crippen molar-refractivity contribution in [2.75, 3.05) is 7.11 Å². The van der Waals surface area contributed by atoms with Gasteiger partial charge in [0.2, 0.25) is 0 Å². The Morgan fingerprint density at radius 3 is 2.00 bits per heavy atom. The summed E-state index contributed by atoms with van der Waals surface area (Å²) >= 11 is 0. The highest BCUT2D eigenvalue weighted by molar-refractivity contribution is 6.13. The zero-order valence-electron chi connectivity index (χ0n) is 14.2. The summed E-state index contributed by atoms with van der Waals surface area (Å²) in [6.07, 6.45) is 1.68. The SMILES string of the molecule is COC(=O)[C@@H]1C[C@@H](N=C(c2ccccc2)c2ccccc2)C[C@@H]1C. The minimum Gasteiger partial charge on any atom is -0.469 e. The van der Waals surface area contributed by atoms with Gasteiger partial charge in [-0.1, -0.05) is 67.6 Å². The van der Waals surface area contributed by atoms with E-state index in [4.69, 9.17) is 9.73 Å². The predicted octanol–water partition coefficient (Wildman–Crippen LogP) is 4.11. The Labute approximate surface area is 143 Å². The largest absolute Gasteiger partial charge is 0.469 e. The maximum Gasteiger partial charge on any atom is 0.309 e. The molecular formula is C21H23NO2. The third kappa shape index (κ3) is 3.56. The van der Waals surface area contributed by atoms with Gasteiger partial charge in [0.05, 0.1) is 24.8 Å². The molecule has 0 spiro atoms. The molecule has 0 bridgehead atoms. The van der Waals surface area contributed by atoms with Gasteiger partial charge in [0.15, 0.2) is 0 Å². The smallest absolute Gasteiger partial charge is 0.309 e. The van der Waals surface area contributed by atoms with E-state index in [1.54, 1.807) is 0 Å². The average Bonchev–Trinajstić information content (AvgIpc) is 3.01. The second-order valence-corrected chi connectivity index (χ2v) is 6.44. The molecule has 0 aromatic heterocycles. The van der Waals surface area contributed by atoms with Crippen LogP contribution < -0.4 is 0 Å². The van der Waals surface area contributed by atoms with Gasteiger partial charge in [0.25, 0.3) is 0 Å². The Morgan fingerprint density at radius 2 is 1.50 bits per heavy atom. The summed E-state index contributed by atoms with van der Waals surface area (Å²) in [5, 5.41) is 0. The number of rotatable bonds is 4. The number of carbonyl (C=O) groups is 1. The van der Waals surface area contributed by atoms with Crippen LogP contribution >= 0.6 is 0 Å². The Hall–Kier alpha value is -2.42. The van der Waals surface area contributed by atoms with Crippen molar-refractivity contribution in [3.63, 3.8) is 0 Å². The first-order valence-corrected chi connectivity index (χ1v) is 8.45. The molecule has 1 saturated carbocycles. The van der Waals surface area contributed by atoms with E-state index in [2.05, 4.69) is 31.2 Å². The zero-order chi connectivity index (χ0) is 16.9. The zero-order valence-corrected chi connectivity index (χ0v) is 14.2. The van der Waals surface area contributed by atoms with E-state index in [0.29, 0.717) is 5.92 Å². The quantitative estimate of drug-likeness (QED) is 0.628. The lowest BCUT2D eigenvalue weighted by Crippen LogP contribution is -2.18. The van der Waals surface area contributed by atoms with Crippen molar-refractivity contribution in [2.45, 2.75) is 25.8 Å². The van der Waals surface area contributed by atoms with Crippen LogP contribution in [0, 0.1) is 11.8 Å². The van der Waals surface area contributed by atoms with Crippen molar-refractivity contribution in [3.05, 3.63) is 71.8 Å². The molecular weight excluding hydrogens is 298 g/mol. The maximum absolute atomic E-state index is 11.9. The molecule has 1 fully saturated rings. The van der Waals surface area contributed by atoms with Crippen LogP contribution in [0.5, 0.6) is 0 Å². The van der Waals surface area contributed by atoms with E-state index >= 15 is 0 Å². The van der Waals surface area contributed by atoms with Crippen molar-refractivity contribution in [3.8, 4) is 0 Å². The van der Waals surface area contributed by atoms with Crippen molar-refractivity contribution in [1.82, 2.24) is 0 Å². The van der Waals surface area contributed by atoms with E-state index in [1.807, 2.05) is 36.4 Å². The molecule has 0 heterocycles. The molecule has 0 saturated heterocycles. The topological polar surface area (TPSA) is 38.7 Å². The summed E-state index contributed by atoms with van der Waals surface area (Å²) in [7, 11) is 1.46. The van der Waals surface area contributed by atoms with E-state index in [9.17, 15) is 4.79 Å². The Balaban J connectivity index is 1.92. The molecule has 0 aliphatic heterocycles. The van der Waals surface area contributed by atoms with Gasteiger partial charge in [0.1, 0.15) is 0 Å². The van der Waals surface area contributed by atoms with Gasteiger partial charge in [-0.2, -0.15) is 0 Å². The number of aliphatic imine (C=N–C) groups is 1. The summed E-state index contributed by atoms with van der Waals surface area (Å²) < 4.78 is 4.94. The molecule has 3 heteroatoms. The summed E-state index contributed by atoms with van der Waals surface area (Å²) in [6.45, 7) is 2.11. The fraction of sp³-hybridized carbons (Fsp3) is 0.333. The third-order valence-electron chi connectivity index (χ3n) is 4.77. The summed E-state index contributed by atoms with van der Waals surface area (Å²) in [4.78, 5) is 17.0. The lowest BCUT2D eigenvalue weighted by Gasteiger charge is -2.12. The number of ether oxygens (including phenoxy) is 1. The standard InChI is InChI=1S/C21H23NO2/c1-15-13-18(14-19(15)21(23)24-2)22-20(16-9-5-3-6-10-16)17-11-7-4-8-12-17/h3-12,15,18-19H,13-14H2,1-2H3/t15-,18-,19+/m0/s1. The lowest BCUT2D eigenvalue weighted by molar-refractivity contribution is -0.146. The monoisotopic (exact) mass is 321 g/mol. The number of nitrogens with zero attached hydrogens (tertiary/aromatic N) is 1. The molecule has 3 rings (SSSR count). The molecule has 0 unspecified atom stereocenters. The van der Waals surface area contributed by atoms with E-state index in [-0.39, 0.29) is 17.9 Å². The van der Waals surface area contributed by atoms with Crippen molar-refractivity contribution < 1.29 is 9.53 Å². The molecule has 2 aromatic rings. The first-order chi connectivity index (χ1) is 11.7. The second-order valence-electron chi connectivity index (χ2n) is 6.44. The fourth-order valence-corrected chi connectivity index (χ4v) is 3.49. The van der Waals surface area contributed by atoms with Crippen molar-refractivity contribution in [1.29, 1.82) is 0 Å². The van der Waals surface area contributed by atoms with Gasteiger partial charge in [0, 0.05) is 11.1 Å². The molecule has 3 nitrogen and oxygen atoms in total. The summed E-state index contributed by atoms with van der Waals surface area (Å²) in [5.74, 6) is 0.150. The van der Waals surface area contributed by atoms with E-state index in [1.165, 1.54) is 7.11 Å². The second kappa shape index (κ2) is 7.43. The van der Waals surface area contributed by atoms with Crippen LogP contribution in [-0.2, 0) is 9.53 Å². The van der Waals surface area contributed by atoms with Gasteiger partial charge >= 0.3 is 5.97 Å². The number of hydrogen-bond acceptors (Lipinski definition) is 3. The molecule has 1 aliphatic carbocycles. The molecule has 3 atom stereocenters. The van der Waals surface area contributed by atoms with Crippen LogP contribution in [0.1, 0.15) is 30.9 Å². The van der Waals surface area contributed by atoms with Crippen molar-refractivity contribution >= 4 is 11.7 Å². The first-order valence-electron chi connectivity index (χ1n) is 8.45. The molecule has 0 N–H and O–H groups in total. The van der Waals surface area contributed by atoms with Crippen LogP contribution in [0.3, 0.4) is 0 Å². The van der Waals surface area contributed by atoms with E-state index in [0.717, 1.165) is 29.7 Å². The van der Waals surface area contributed by atoms with Crippen LogP contribution in [0.25, 0.3) is 0 Å². The summed E-state index contributed by atoms with van der Waals surface area (Å²) in [5.41, 5.74) is 3.22. The molecule has 0 radical (unpaired) electrons. The minimum absolute atomic E-state index is 0.0449.